The molecule has 10 heavy (non-hydrogen) atoms. The highest BCUT2D eigenvalue weighted by atomic mass is 16.6. The van der Waals surface area contributed by atoms with E-state index in [1.807, 2.05) is 0 Å². The molecule has 0 amide bonds. The third-order valence-electron chi connectivity index (χ3n) is 1.98. The number of aliphatic hydroxyl groups is 1. The number of hydrogen-bond acceptors (Lipinski definition) is 3. The maximum Gasteiger partial charge on any atom is 0.313 e. The van der Waals surface area contributed by atoms with E-state index in [0.717, 1.165) is 0 Å². The lowest BCUT2D eigenvalue weighted by Gasteiger charge is -2.14. The third kappa shape index (κ3) is 0.671. The van der Waals surface area contributed by atoms with Crippen molar-refractivity contribution in [2.75, 3.05) is 0 Å². The number of carbonyl (C=O) groups is 1. The van der Waals surface area contributed by atoms with Gasteiger partial charge in [-0.1, -0.05) is 12.2 Å². The van der Waals surface area contributed by atoms with E-state index in [9.17, 15) is 4.79 Å². The van der Waals surface area contributed by atoms with Gasteiger partial charge in [-0.3, -0.25) is 4.79 Å². The van der Waals surface area contributed by atoms with Crippen LogP contribution >= 0.6 is 0 Å². The number of fused-ring (bicyclic) bond motifs is 2. The molecule has 0 saturated carbocycles. The molecule has 1 fully saturated rings. The Kier molecular flexibility index (Phi) is 1.08. The molecule has 1 N–H and O–H groups in total. The van der Waals surface area contributed by atoms with Gasteiger partial charge in [0.25, 0.3) is 0 Å². The summed E-state index contributed by atoms with van der Waals surface area (Å²) >= 11 is 0. The Bertz CT molecular complexity index is 197. The van der Waals surface area contributed by atoms with Crippen LogP contribution < -0.4 is 0 Å². The van der Waals surface area contributed by atoms with E-state index in [0.29, 0.717) is 6.42 Å². The van der Waals surface area contributed by atoms with E-state index in [-0.39, 0.29) is 18.0 Å². The lowest BCUT2D eigenvalue weighted by atomic mass is 9.95. The average molecular weight is 140 g/mol. The van der Waals surface area contributed by atoms with E-state index >= 15 is 0 Å². The molecule has 0 spiro atoms. The lowest BCUT2D eigenvalue weighted by Crippen LogP contribution is -2.24. The third-order valence-corrected chi connectivity index (χ3v) is 1.98. The molecule has 2 aliphatic rings. The van der Waals surface area contributed by atoms with E-state index in [1.54, 1.807) is 12.2 Å². The van der Waals surface area contributed by atoms with Crippen LogP contribution in [0.5, 0.6) is 0 Å². The van der Waals surface area contributed by atoms with Gasteiger partial charge in [0.05, 0.1) is 5.92 Å². The molecule has 3 nitrogen and oxygen atoms in total. The summed E-state index contributed by atoms with van der Waals surface area (Å²) in [6.45, 7) is 0. The standard InChI is InChI=1S/C7H8O3/c8-5-2-1-4-3-6(5)10-7(4)9/h1-2,4-6,8H,3H2/t4-,5+,6-/m1/s1. The molecule has 1 heterocycles. The Morgan fingerprint density at radius 3 is 3.10 bits per heavy atom. The van der Waals surface area contributed by atoms with Crippen LogP contribution in [0.1, 0.15) is 6.42 Å². The Morgan fingerprint density at radius 2 is 2.40 bits per heavy atom. The van der Waals surface area contributed by atoms with E-state index in [4.69, 9.17) is 9.84 Å². The monoisotopic (exact) mass is 140 g/mol. The summed E-state index contributed by atoms with van der Waals surface area (Å²) in [7, 11) is 0. The molecule has 2 bridgehead atoms. The molecule has 0 aromatic carbocycles. The summed E-state index contributed by atoms with van der Waals surface area (Å²) < 4.78 is 4.85. The van der Waals surface area contributed by atoms with Crippen molar-refractivity contribution < 1.29 is 14.6 Å². The van der Waals surface area contributed by atoms with E-state index in [2.05, 4.69) is 0 Å². The van der Waals surface area contributed by atoms with Crippen LogP contribution in [0.2, 0.25) is 0 Å². The molecule has 0 radical (unpaired) electrons. The topological polar surface area (TPSA) is 46.5 Å². The number of hydrogen-bond donors (Lipinski definition) is 1. The smallest absolute Gasteiger partial charge is 0.313 e. The first-order chi connectivity index (χ1) is 4.77. The quantitative estimate of drug-likeness (QED) is 0.376. The van der Waals surface area contributed by atoms with Crippen LogP contribution in [-0.2, 0) is 9.53 Å². The normalized spacial score (nSPS) is 43.7. The van der Waals surface area contributed by atoms with Crippen LogP contribution in [-0.4, -0.2) is 23.3 Å². The second kappa shape index (κ2) is 1.83. The van der Waals surface area contributed by atoms with Gasteiger partial charge in [-0.25, -0.2) is 0 Å². The van der Waals surface area contributed by atoms with Crippen molar-refractivity contribution in [3.8, 4) is 0 Å². The van der Waals surface area contributed by atoms with Gasteiger partial charge in [-0.2, -0.15) is 0 Å². The predicted octanol–water partition coefficient (Wildman–Crippen LogP) is -0.151. The zero-order valence-electron chi connectivity index (χ0n) is 5.36. The maximum atomic E-state index is 10.8. The fourth-order valence-corrected chi connectivity index (χ4v) is 1.37. The number of aliphatic hydroxyl groups excluding tert-OH is 1. The summed E-state index contributed by atoms with van der Waals surface area (Å²) in [6.07, 6.45) is 3.14. The van der Waals surface area contributed by atoms with Gasteiger partial charge in [-0.15, -0.1) is 0 Å². The molecule has 0 aromatic rings. The molecule has 3 heteroatoms. The minimum absolute atomic E-state index is 0.0894. The van der Waals surface area contributed by atoms with E-state index < -0.39 is 6.10 Å². The molecule has 2 rings (SSSR count). The Balaban J connectivity index is 2.27. The first kappa shape index (κ1) is 5.92. The second-order valence-corrected chi connectivity index (χ2v) is 2.69. The molecule has 1 aliphatic heterocycles. The van der Waals surface area contributed by atoms with Crippen molar-refractivity contribution >= 4 is 5.97 Å². The van der Waals surface area contributed by atoms with Gasteiger partial charge >= 0.3 is 5.97 Å². The largest absolute Gasteiger partial charge is 0.459 e. The Morgan fingerprint density at radius 1 is 1.60 bits per heavy atom. The number of ether oxygens (including phenoxy) is 1. The summed E-state index contributed by atoms with van der Waals surface area (Å²) in [5.41, 5.74) is 0. The molecule has 54 valence electrons. The van der Waals surface area contributed by atoms with Crippen molar-refractivity contribution in [1.29, 1.82) is 0 Å². The highest BCUT2D eigenvalue weighted by molar-refractivity contribution is 5.77. The minimum atomic E-state index is -0.581. The van der Waals surface area contributed by atoms with Gasteiger partial charge < -0.3 is 9.84 Å². The minimum Gasteiger partial charge on any atom is -0.459 e. The molecule has 3 atom stereocenters. The van der Waals surface area contributed by atoms with Crippen molar-refractivity contribution in [3.63, 3.8) is 0 Å². The number of rotatable bonds is 0. The molecule has 0 aromatic heterocycles. The first-order valence-corrected chi connectivity index (χ1v) is 3.34. The molecule has 0 unspecified atom stereocenters. The fraction of sp³-hybridized carbons (Fsp3) is 0.571. The Labute approximate surface area is 58.3 Å². The van der Waals surface area contributed by atoms with E-state index in [1.165, 1.54) is 0 Å². The first-order valence-electron chi connectivity index (χ1n) is 3.34. The van der Waals surface area contributed by atoms with Crippen LogP contribution in [0.3, 0.4) is 0 Å². The van der Waals surface area contributed by atoms with Crippen molar-refractivity contribution in [1.82, 2.24) is 0 Å². The van der Waals surface area contributed by atoms with Gasteiger partial charge in [0.2, 0.25) is 0 Å². The van der Waals surface area contributed by atoms with Crippen LogP contribution in [0.4, 0.5) is 0 Å². The Hall–Kier alpha value is -0.830. The van der Waals surface area contributed by atoms with Crippen molar-refractivity contribution in [3.05, 3.63) is 12.2 Å². The molecular formula is C7H8O3. The van der Waals surface area contributed by atoms with Gasteiger partial charge in [-0.05, 0) is 0 Å². The number of esters is 1. The van der Waals surface area contributed by atoms with Gasteiger partial charge in [0.1, 0.15) is 12.2 Å². The lowest BCUT2D eigenvalue weighted by molar-refractivity contribution is -0.145. The van der Waals surface area contributed by atoms with Crippen LogP contribution in [0.25, 0.3) is 0 Å². The zero-order valence-corrected chi connectivity index (χ0v) is 5.36. The highest BCUT2D eigenvalue weighted by Crippen LogP contribution is 2.29. The molecule has 1 saturated heterocycles. The van der Waals surface area contributed by atoms with Gasteiger partial charge in [0.15, 0.2) is 0 Å². The van der Waals surface area contributed by atoms with Crippen LogP contribution in [0, 0.1) is 5.92 Å². The fourth-order valence-electron chi connectivity index (χ4n) is 1.37. The van der Waals surface area contributed by atoms with Crippen molar-refractivity contribution in [2.24, 2.45) is 5.92 Å². The predicted molar refractivity (Wildman–Crippen MR) is 33.1 cm³/mol. The molecule has 1 aliphatic carbocycles. The summed E-state index contributed by atoms with van der Waals surface area (Å²) in [4.78, 5) is 10.8. The zero-order chi connectivity index (χ0) is 7.14. The number of carbonyl (C=O) groups excluding carboxylic acids is 1. The summed E-state index contributed by atoms with van der Waals surface area (Å²) in [6, 6.07) is 0. The van der Waals surface area contributed by atoms with Crippen LogP contribution in [0.15, 0.2) is 12.2 Å². The average Bonchev–Trinajstić information content (AvgIpc) is 2.21. The molecular weight excluding hydrogens is 132 g/mol. The van der Waals surface area contributed by atoms with Crippen molar-refractivity contribution in [2.45, 2.75) is 18.6 Å². The highest BCUT2D eigenvalue weighted by Gasteiger charge is 2.39. The maximum absolute atomic E-state index is 10.8. The SMILES string of the molecule is O=C1O[C@@H]2C[C@H]1C=C[C@@H]2O. The van der Waals surface area contributed by atoms with Gasteiger partial charge in [0, 0.05) is 6.42 Å². The second-order valence-electron chi connectivity index (χ2n) is 2.69. The summed E-state index contributed by atoms with van der Waals surface area (Å²) in [5.74, 6) is -0.286. The summed E-state index contributed by atoms with van der Waals surface area (Å²) in [5, 5.41) is 9.15.